The van der Waals surface area contributed by atoms with Crippen molar-refractivity contribution in [2.75, 3.05) is 13.2 Å². The van der Waals surface area contributed by atoms with Crippen LogP contribution in [0.2, 0.25) is 0 Å². The molecule has 1 aliphatic rings. The van der Waals surface area contributed by atoms with Gasteiger partial charge in [-0.15, -0.1) is 0 Å². The molecule has 0 aliphatic heterocycles. The molecule has 2 N–H and O–H groups in total. The molecule has 1 saturated carbocycles. The maximum absolute atomic E-state index is 9.37. The van der Waals surface area contributed by atoms with E-state index in [4.69, 9.17) is 0 Å². The molecule has 2 nitrogen and oxygen atoms in total. The Morgan fingerprint density at radius 2 is 2.00 bits per heavy atom. The molecule has 1 rings (SSSR count). The quantitative estimate of drug-likeness (QED) is 0.708. The zero-order chi connectivity index (χ0) is 12.0. The van der Waals surface area contributed by atoms with Gasteiger partial charge >= 0.3 is 0 Å². The van der Waals surface area contributed by atoms with Crippen LogP contribution in [0.1, 0.15) is 59.3 Å². The van der Waals surface area contributed by atoms with Gasteiger partial charge in [0, 0.05) is 24.6 Å². The van der Waals surface area contributed by atoms with Crippen molar-refractivity contribution >= 4 is 0 Å². The minimum atomic E-state index is 0.0674. The van der Waals surface area contributed by atoms with Crippen molar-refractivity contribution in [1.82, 2.24) is 5.32 Å². The van der Waals surface area contributed by atoms with E-state index in [1.54, 1.807) is 0 Å². The fourth-order valence-electron chi connectivity index (χ4n) is 2.37. The highest BCUT2D eigenvalue weighted by atomic mass is 16.3. The number of rotatable bonds is 5. The average Bonchev–Trinajstić information content (AvgIpc) is 2.51. The van der Waals surface area contributed by atoms with Crippen molar-refractivity contribution in [3.8, 4) is 0 Å². The molecule has 0 aromatic carbocycles. The average molecular weight is 227 g/mol. The van der Waals surface area contributed by atoms with Gasteiger partial charge in [-0.2, -0.15) is 0 Å². The second kappa shape index (κ2) is 6.61. The van der Waals surface area contributed by atoms with Crippen LogP contribution in [-0.4, -0.2) is 24.3 Å². The first-order valence-electron chi connectivity index (χ1n) is 6.94. The summed E-state index contributed by atoms with van der Waals surface area (Å²) in [6.07, 6.45) is 7.78. The summed E-state index contributed by atoms with van der Waals surface area (Å²) in [5.41, 5.74) is 0.0674. The third kappa shape index (κ3) is 4.42. The van der Waals surface area contributed by atoms with Crippen LogP contribution in [0.15, 0.2) is 0 Å². The van der Waals surface area contributed by atoms with Crippen LogP contribution in [0, 0.1) is 11.3 Å². The van der Waals surface area contributed by atoms with Gasteiger partial charge in [0.2, 0.25) is 0 Å². The third-order valence-corrected chi connectivity index (χ3v) is 4.31. The van der Waals surface area contributed by atoms with E-state index in [0.29, 0.717) is 12.6 Å². The molecule has 0 radical (unpaired) electrons. The van der Waals surface area contributed by atoms with E-state index in [-0.39, 0.29) is 5.41 Å². The second-order valence-corrected chi connectivity index (χ2v) is 6.01. The zero-order valence-electron chi connectivity index (χ0n) is 11.3. The lowest BCUT2D eigenvalue weighted by Crippen LogP contribution is -2.39. The van der Waals surface area contributed by atoms with Crippen LogP contribution in [-0.2, 0) is 0 Å². The van der Waals surface area contributed by atoms with E-state index in [9.17, 15) is 5.11 Å². The topological polar surface area (TPSA) is 32.3 Å². The van der Waals surface area contributed by atoms with E-state index in [1.807, 2.05) is 0 Å². The molecule has 0 spiro atoms. The van der Waals surface area contributed by atoms with Gasteiger partial charge in [0.05, 0.1) is 0 Å². The van der Waals surface area contributed by atoms with Crippen molar-refractivity contribution in [3.63, 3.8) is 0 Å². The Hall–Kier alpha value is -0.0800. The predicted molar refractivity (Wildman–Crippen MR) is 69.5 cm³/mol. The van der Waals surface area contributed by atoms with Crippen LogP contribution in [0.4, 0.5) is 0 Å². The molecular formula is C14H29NO. The monoisotopic (exact) mass is 227 g/mol. The predicted octanol–water partition coefficient (Wildman–Crippen LogP) is 2.95. The first kappa shape index (κ1) is 14.0. The molecule has 0 heterocycles. The van der Waals surface area contributed by atoms with Crippen molar-refractivity contribution in [1.29, 1.82) is 0 Å². The minimum Gasteiger partial charge on any atom is -0.396 e. The van der Waals surface area contributed by atoms with Crippen molar-refractivity contribution in [2.45, 2.75) is 65.3 Å². The molecule has 96 valence electrons. The lowest BCUT2D eigenvalue weighted by molar-refractivity contribution is 0.130. The SMILES string of the molecule is CCC(C)(CO)CNC1CCCC(C)CC1. The molecule has 2 heteroatoms. The Bertz CT molecular complexity index is 189. The van der Waals surface area contributed by atoms with Crippen molar-refractivity contribution < 1.29 is 5.11 Å². The molecule has 1 aliphatic carbocycles. The third-order valence-electron chi connectivity index (χ3n) is 4.31. The number of aliphatic hydroxyl groups excluding tert-OH is 1. The molecule has 0 aromatic rings. The van der Waals surface area contributed by atoms with Crippen LogP contribution in [0.25, 0.3) is 0 Å². The summed E-state index contributed by atoms with van der Waals surface area (Å²) >= 11 is 0. The van der Waals surface area contributed by atoms with E-state index in [0.717, 1.165) is 18.9 Å². The Morgan fingerprint density at radius 3 is 2.62 bits per heavy atom. The zero-order valence-corrected chi connectivity index (χ0v) is 11.3. The molecule has 3 unspecified atom stereocenters. The standard InChI is InChI=1S/C14H29NO/c1-4-14(3,11-16)10-15-13-7-5-6-12(2)8-9-13/h12-13,15-16H,4-11H2,1-3H3. The normalized spacial score (nSPS) is 30.8. The largest absolute Gasteiger partial charge is 0.396 e. The summed E-state index contributed by atoms with van der Waals surface area (Å²) in [5, 5.41) is 13.0. The van der Waals surface area contributed by atoms with Crippen LogP contribution < -0.4 is 5.32 Å². The van der Waals surface area contributed by atoms with Gasteiger partial charge in [0.25, 0.3) is 0 Å². The Kier molecular flexibility index (Phi) is 5.77. The van der Waals surface area contributed by atoms with Gasteiger partial charge in [0.1, 0.15) is 0 Å². The summed E-state index contributed by atoms with van der Waals surface area (Å²) < 4.78 is 0. The lowest BCUT2D eigenvalue weighted by atomic mass is 9.88. The molecule has 0 aromatic heterocycles. The Morgan fingerprint density at radius 1 is 1.25 bits per heavy atom. The van der Waals surface area contributed by atoms with Crippen LogP contribution in [0.3, 0.4) is 0 Å². The molecule has 0 bridgehead atoms. The molecular weight excluding hydrogens is 198 g/mol. The smallest absolute Gasteiger partial charge is 0.0496 e. The fraction of sp³-hybridized carbons (Fsp3) is 1.00. The lowest BCUT2D eigenvalue weighted by Gasteiger charge is -2.29. The summed E-state index contributed by atoms with van der Waals surface area (Å²) in [4.78, 5) is 0. The highest BCUT2D eigenvalue weighted by Gasteiger charge is 2.23. The summed E-state index contributed by atoms with van der Waals surface area (Å²) in [7, 11) is 0. The molecule has 0 amide bonds. The number of nitrogens with one attached hydrogen (secondary N) is 1. The number of hydrogen-bond donors (Lipinski definition) is 2. The van der Waals surface area contributed by atoms with E-state index in [1.165, 1.54) is 32.1 Å². The summed E-state index contributed by atoms with van der Waals surface area (Å²) in [6.45, 7) is 7.94. The van der Waals surface area contributed by atoms with Crippen LogP contribution >= 0.6 is 0 Å². The van der Waals surface area contributed by atoms with Gasteiger partial charge in [-0.25, -0.2) is 0 Å². The van der Waals surface area contributed by atoms with Gasteiger partial charge < -0.3 is 10.4 Å². The van der Waals surface area contributed by atoms with Crippen molar-refractivity contribution in [2.24, 2.45) is 11.3 Å². The first-order chi connectivity index (χ1) is 7.59. The Labute approximate surface area is 101 Å². The summed E-state index contributed by atoms with van der Waals surface area (Å²) in [5.74, 6) is 0.905. The maximum Gasteiger partial charge on any atom is 0.0496 e. The molecule has 3 atom stereocenters. The van der Waals surface area contributed by atoms with E-state index in [2.05, 4.69) is 26.1 Å². The van der Waals surface area contributed by atoms with Crippen molar-refractivity contribution in [3.05, 3.63) is 0 Å². The van der Waals surface area contributed by atoms with Gasteiger partial charge in [-0.1, -0.05) is 33.6 Å². The number of hydrogen-bond acceptors (Lipinski definition) is 2. The molecule has 0 saturated heterocycles. The van der Waals surface area contributed by atoms with Gasteiger partial charge in [-0.3, -0.25) is 0 Å². The highest BCUT2D eigenvalue weighted by Crippen LogP contribution is 2.24. The number of aliphatic hydroxyl groups is 1. The van der Waals surface area contributed by atoms with E-state index >= 15 is 0 Å². The second-order valence-electron chi connectivity index (χ2n) is 6.01. The maximum atomic E-state index is 9.37. The highest BCUT2D eigenvalue weighted by molar-refractivity contribution is 4.79. The minimum absolute atomic E-state index is 0.0674. The van der Waals surface area contributed by atoms with E-state index < -0.39 is 0 Å². The van der Waals surface area contributed by atoms with Gasteiger partial charge in [0.15, 0.2) is 0 Å². The fourth-order valence-corrected chi connectivity index (χ4v) is 2.37. The molecule has 16 heavy (non-hydrogen) atoms. The van der Waals surface area contributed by atoms with Crippen LogP contribution in [0.5, 0.6) is 0 Å². The molecule has 1 fully saturated rings. The summed E-state index contributed by atoms with van der Waals surface area (Å²) in [6, 6.07) is 0.683. The van der Waals surface area contributed by atoms with Gasteiger partial charge in [-0.05, 0) is 31.6 Å². The Balaban J connectivity index is 2.31. The first-order valence-corrected chi connectivity index (χ1v) is 6.94.